The fourth-order valence-corrected chi connectivity index (χ4v) is 9.35. The highest BCUT2D eigenvalue weighted by molar-refractivity contribution is 8.05. The van der Waals surface area contributed by atoms with Crippen LogP contribution >= 0.6 is 23.5 Å². The predicted octanol–water partition coefficient (Wildman–Crippen LogP) is 11.5. The van der Waals surface area contributed by atoms with Gasteiger partial charge in [-0.3, -0.25) is 0 Å². The van der Waals surface area contributed by atoms with Gasteiger partial charge in [0, 0.05) is 41.7 Å². The maximum atomic E-state index is 4.91. The molecule has 0 saturated heterocycles. The van der Waals surface area contributed by atoms with Gasteiger partial charge >= 0.3 is 0 Å². The molecule has 5 heteroatoms. The molecule has 0 N–H and O–H groups in total. The molecular formula is C42H29N3S2. The van der Waals surface area contributed by atoms with E-state index in [0.29, 0.717) is 17.5 Å². The maximum Gasteiger partial charge on any atom is 0.164 e. The van der Waals surface area contributed by atoms with Crippen LogP contribution < -0.4 is 0 Å². The second kappa shape index (κ2) is 11.1. The lowest BCUT2D eigenvalue weighted by molar-refractivity contribution is 0.642. The Bertz CT molecular complexity index is 2260. The Morgan fingerprint density at radius 1 is 0.426 bits per heavy atom. The van der Waals surface area contributed by atoms with Gasteiger partial charge in [0.25, 0.3) is 0 Å². The second-order valence-electron chi connectivity index (χ2n) is 12.5. The number of aromatic nitrogens is 3. The van der Waals surface area contributed by atoms with E-state index in [9.17, 15) is 0 Å². The van der Waals surface area contributed by atoms with Crippen LogP contribution in [-0.4, -0.2) is 15.0 Å². The number of benzene rings is 6. The van der Waals surface area contributed by atoms with Gasteiger partial charge in [-0.1, -0.05) is 153 Å². The van der Waals surface area contributed by atoms with Crippen molar-refractivity contribution in [3.05, 3.63) is 151 Å². The normalized spacial score (nSPS) is 13.7. The van der Waals surface area contributed by atoms with Crippen LogP contribution in [0.15, 0.2) is 159 Å². The highest BCUT2D eigenvalue weighted by Gasteiger charge is 2.39. The van der Waals surface area contributed by atoms with E-state index in [2.05, 4.69) is 92.7 Å². The Kier molecular flexibility index (Phi) is 6.66. The van der Waals surface area contributed by atoms with Crippen LogP contribution in [-0.2, 0) is 5.41 Å². The molecule has 0 amide bonds. The first-order chi connectivity index (χ1) is 23.0. The molecule has 47 heavy (non-hydrogen) atoms. The van der Waals surface area contributed by atoms with Gasteiger partial charge in [0.1, 0.15) is 0 Å². The van der Waals surface area contributed by atoms with Crippen LogP contribution in [0.1, 0.15) is 25.0 Å². The van der Waals surface area contributed by atoms with Gasteiger partial charge in [-0.05, 0) is 57.6 Å². The van der Waals surface area contributed by atoms with E-state index >= 15 is 0 Å². The van der Waals surface area contributed by atoms with Crippen LogP contribution in [0, 0.1) is 0 Å². The van der Waals surface area contributed by atoms with Gasteiger partial charge < -0.3 is 0 Å². The summed E-state index contributed by atoms with van der Waals surface area (Å²) in [7, 11) is 0. The molecule has 2 aliphatic rings. The zero-order valence-electron chi connectivity index (χ0n) is 25.9. The second-order valence-corrected chi connectivity index (χ2v) is 14.6. The number of nitrogens with zero attached hydrogens (tertiary/aromatic N) is 3. The van der Waals surface area contributed by atoms with E-state index in [0.717, 1.165) is 16.7 Å². The van der Waals surface area contributed by atoms with E-state index in [1.54, 1.807) is 0 Å². The average Bonchev–Trinajstić information content (AvgIpc) is 3.37. The number of hydrogen-bond acceptors (Lipinski definition) is 5. The molecule has 0 atom stereocenters. The van der Waals surface area contributed by atoms with Gasteiger partial charge in [0.15, 0.2) is 17.5 Å². The van der Waals surface area contributed by atoms with E-state index in [4.69, 9.17) is 15.0 Å². The Morgan fingerprint density at radius 3 is 1.53 bits per heavy atom. The largest absolute Gasteiger partial charge is 0.208 e. The summed E-state index contributed by atoms with van der Waals surface area (Å²) >= 11 is 3.81. The first-order valence-corrected chi connectivity index (χ1v) is 17.4. The first-order valence-electron chi connectivity index (χ1n) is 15.8. The molecule has 7 aromatic rings. The van der Waals surface area contributed by atoms with Crippen molar-refractivity contribution >= 4 is 23.5 Å². The Labute approximate surface area is 283 Å². The van der Waals surface area contributed by atoms with Crippen molar-refractivity contribution in [2.45, 2.75) is 38.8 Å². The lowest BCUT2D eigenvalue weighted by Crippen LogP contribution is -2.17. The van der Waals surface area contributed by atoms with Crippen molar-refractivity contribution < 1.29 is 0 Å². The molecule has 0 fully saturated rings. The fourth-order valence-electron chi connectivity index (χ4n) is 6.80. The van der Waals surface area contributed by atoms with Gasteiger partial charge in [0.2, 0.25) is 0 Å². The van der Waals surface area contributed by atoms with Crippen molar-refractivity contribution in [1.29, 1.82) is 0 Å². The quantitative estimate of drug-likeness (QED) is 0.192. The summed E-state index contributed by atoms with van der Waals surface area (Å²) in [6, 6.07) is 49.2. The molecule has 0 bridgehead atoms. The van der Waals surface area contributed by atoms with Crippen LogP contribution in [0.5, 0.6) is 0 Å². The third-order valence-electron chi connectivity index (χ3n) is 9.19. The average molecular weight is 640 g/mol. The number of rotatable bonds is 4. The minimum atomic E-state index is -0.113. The van der Waals surface area contributed by atoms with E-state index < -0.39 is 0 Å². The van der Waals surface area contributed by atoms with E-state index in [-0.39, 0.29) is 5.41 Å². The highest BCUT2D eigenvalue weighted by Crippen LogP contribution is 2.58. The standard InChI is InChI=1S/C42H29N3S2/c1-42(2)33-25-30(21-22-31(33)32-23-24-36-38(37(32)42)47-35-16-10-9-15-34(35)46-36)26-17-19-29(20-18-26)41-44-39(27-11-5-3-6-12-27)43-40(45-41)28-13-7-4-8-14-28/h3-25H,1-2H3. The predicted molar refractivity (Wildman–Crippen MR) is 194 cm³/mol. The molecule has 9 rings (SSSR count). The first kappa shape index (κ1) is 28.3. The molecule has 1 aliphatic carbocycles. The fraction of sp³-hybridized carbons (Fsp3) is 0.0714. The molecule has 3 nitrogen and oxygen atoms in total. The minimum Gasteiger partial charge on any atom is -0.208 e. The van der Waals surface area contributed by atoms with Gasteiger partial charge in [-0.15, -0.1) is 0 Å². The topological polar surface area (TPSA) is 38.7 Å². The molecule has 1 aromatic heterocycles. The maximum absolute atomic E-state index is 4.91. The summed E-state index contributed by atoms with van der Waals surface area (Å²) < 4.78 is 0. The molecule has 2 heterocycles. The highest BCUT2D eigenvalue weighted by atomic mass is 32.2. The lowest BCUT2D eigenvalue weighted by atomic mass is 9.81. The summed E-state index contributed by atoms with van der Waals surface area (Å²) in [6.45, 7) is 4.76. The van der Waals surface area contributed by atoms with Crippen molar-refractivity contribution in [1.82, 2.24) is 15.0 Å². The summed E-state index contributed by atoms with van der Waals surface area (Å²) in [5.41, 5.74) is 10.7. The van der Waals surface area contributed by atoms with Gasteiger partial charge in [-0.2, -0.15) is 0 Å². The molecule has 0 unspecified atom stereocenters. The van der Waals surface area contributed by atoms with Crippen molar-refractivity contribution in [2.24, 2.45) is 0 Å². The molecule has 6 aromatic carbocycles. The summed E-state index contributed by atoms with van der Waals surface area (Å²) in [4.78, 5) is 20.1. The van der Waals surface area contributed by atoms with E-state index in [1.165, 1.54) is 53.0 Å². The van der Waals surface area contributed by atoms with Gasteiger partial charge in [-0.25, -0.2) is 15.0 Å². The van der Waals surface area contributed by atoms with Gasteiger partial charge in [0.05, 0.1) is 0 Å². The van der Waals surface area contributed by atoms with Crippen LogP contribution in [0.25, 0.3) is 56.4 Å². The third-order valence-corrected chi connectivity index (χ3v) is 11.8. The third kappa shape index (κ3) is 4.81. The Balaban J connectivity index is 1.07. The van der Waals surface area contributed by atoms with Crippen LogP contribution in [0.3, 0.4) is 0 Å². The van der Waals surface area contributed by atoms with Crippen LogP contribution in [0.4, 0.5) is 0 Å². The molecule has 0 radical (unpaired) electrons. The minimum absolute atomic E-state index is 0.113. The zero-order valence-corrected chi connectivity index (χ0v) is 27.6. The Morgan fingerprint density at radius 2 is 0.915 bits per heavy atom. The Hall–Kier alpha value is -4.97. The molecule has 0 spiro atoms. The number of fused-ring (bicyclic) bond motifs is 6. The summed E-state index contributed by atoms with van der Waals surface area (Å²) in [5, 5.41) is 0. The van der Waals surface area contributed by atoms with Crippen molar-refractivity contribution in [3.63, 3.8) is 0 Å². The molecule has 224 valence electrons. The summed E-state index contributed by atoms with van der Waals surface area (Å²) in [6.07, 6.45) is 0. The zero-order chi connectivity index (χ0) is 31.5. The van der Waals surface area contributed by atoms with Crippen molar-refractivity contribution in [2.75, 3.05) is 0 Å². The molecular weight excluding hydrogens is 611 g/mol. The van der Waals surface area contributed by atoms with E-state index in [1.807, 2.05) is 84.2 Å². The summed E-state index contributed by atoms with van der Waals surface area (Å²) in [5.74, 6) is 2.00. The van der Waals surface area contributed by atoms with Crippen LogP contribution in [0.2, 0.25) is 0 Å². The SMILES string of the molecule is CC1(C)c2cc(-c3ccc(-c4nc(-c5ccccc5)nc(-c5ccccc5)n4)cc3)ccc2-c2ccc3c(c21)Sc1ccccc1S3. The smallest absolute Gasteiger partial charge is 0.164 e. The molecule has 1 aliphatic heterocycles. The molecule has 0 saturated carbocycles. The van der Waals surface area contributed by atoms with Crippen molar-refractivity contribution in [3.8, 4) is 56.4 Å². The number of hydrogen-bond donors (Lipinski definition) is 0. The monoisotopic (exact) mass is 639 g/mol. The lowest BCUT2D eigenvalue weighted by Gasteiger charge is -2.28.